The lowest BCUT2D eigenvalue weighted by Gasteiger charge is -2.36. The zero-order chi connectivity index (χ0) is 24.3. The third-order valence-electron chi connectivity index (χ3n) is 4.00. The molecular formula is C18H26N6O7S. The zero-order valence-electron chi connectivity index (χ0n) is 18.2. The number of hydrogen-bond acceptors (Lipinski definition) is 10. The van der Waals surface area contributed by atoms with E-state index in [2.05, 4.69) is 26.1 Å². The lowest BCUT2D eigenvalue weighted by Crippen LogP contribution is -2.71. The van der Waals surface area contributed by atoms with E-state index in [0.717, 1.165) is 11.3 Å². The number of nitrogens with two attached hydrogens (primary N) is 1. The summed E-state index contributed by atoms with van der Waals surface area (Å²) in [6.45, 7) is 7.68. The van der Waals surface area contributed by atoms with Crippen LogP contribution in [0.4, 0.5) is 9.93 Å². The van der Waals surface area contributed by atoms with Crippen molar-refractivity contribution in [3.05, 3.63) is 11.1 Å². The highest BCUT2D eigenvalue weighted by Gasteiger charge is 2.40. The van der Waals surface area contributed by atoms with Crippen molar-refractivity contribution in [1.29, 1.82) is 0 Å². The fraction of sp³-hybridized carbons (Fsp3) is 0.556. The average Bonchev–Trinajstić information content (AvgIpc) is 3.10. The maximum absolute atomic E-state index is 12.8. The molecule has 1 saturated heterocycles. The van der Waals surface area contributed by atoms with Crippen molar-refractivity contribution in [2.24, 2.45) is 10.9 Å². The number of β-lactam (4-membered cyclic amide) rings is 1. The van der Waals surface area contributed by atoms with Gasteiger partial charge in [0, 0.05) is 11.9 Å². The van der Waals surface area contributed by atoms with Gasteiger partial charge in [0.15, 0.2) is 10.8 Å². The summed E-state index contributed by atoms with van der Waals surface area (Å²) >= 11 is 0.978. The van der Waals surface area contributed by atoms with Crippen molar-refractivity contribution in [3.63, 3.8) is 0 Å². The van der Waals surface area contributed by atoms with Crippen molar-refractivity contribution < 1.29 is 33.9 Å². The molecule has 0 bridgehead atoms. The van der Waals surface area contributed by atoms with Gasteiger partial charge in [-0.15, -0.1) is 11.3 Å². The first-order chi connectivity index (χ1) is 14.7. The number of carboxylic acid groups (broad SMARTS) is 1. The van der Waals surface area contributed by atoms with Gasteiger partial charge >= 0.3 is 12.1 Å². The number of carbonyl (C=O) groups excluding carboxylic acids is 3. The second-order valence-electron chi connectivity index (χ2n) is 8.31. The highest BCUT2D eigenvalue weighted by Crippen LogP contribution is 2.19. The van der Waals surface area contributed by atoms with Crippen LogP contribution in [0, 0.1) is 0 Å². The van der Waals surface area contributed by atoms with E-state index in [1.165, 1.54) is 19.2 Å². The molecule has 13 nitrogen and oxygen atoms in total. The Kier molecular flexibility index (Phi) is 7.41. The first-order valence-corrected chi connectivity index (χ1v) is 10.4. The molecule has 0 radical (unpaired) electrons. The number of amides is 3. The third kappa shape index (κ3) is 6.37. The fourth-order valence-corrected chi connectivity index (χ4v) is 2.93. The lowest BCUT2D eigenvalue weighted by molar-refractivity contribution is -0.161. The van der Waals surface area contributed by atoms with Gasteiger partial charge in [-0.05, 0) is 34.6 Å². The Morgan fingerprint density at radius 3 is 2.50 bits per heavy atom. The number of aliphatic carboxylic acids is 1. The maximum Gasteiger partial charge on any atom is 0.413 e. The van der Waals surface area contributed by atoms with E-state index in [1.54, 1.807) is 20.8 Å². The summed E-state index contributed by atoms with van der Waals surface area (Å²) in [7, 11) is 0. The molecule has 1 aliphatic rings. The molecule has 1 fully saturated rings. The molecule has 1 aromatic rings. The van der Waals surface area contributed by atoms with Crippen molar-refractivity contribution >= 4 is 46.1 Å². The van der Waals surface area contributed by atoms with Gasteiger partial charge < -0.3 is 31.0 Å². The topological polar surface area (TPSA) is 194 Å². The number of nitrogens with one attached hydrogen (secondary N) is 3. The molecule has 3 amide bonds. The van der Waals surface area contributed by atoms with Gasteiger partial charge in [-0.3, -0.25) is 14.9 Å². The van der Waals surface area contributed by atoms with E-state index in [1.807, 2.05) is 0 Å². The Morgan fingerprint density at radius 2 is 1.97 bits per heavy atom. The Hall–Kier alpha value is -3.26. The van der Waals surface area contributed by atoms with Gasteiger partial charge in [-0.2, -0.15) is 0 Å². The SMILES string of the molecule is CC(C)(C)OC(=O)Nc1nc(C(=NOC(C)(C)C(=O)O)C(=O)N[C@@H]2C(=O)N[C@H]2CN)cs1. The standard InChI is InChI=1S/C18H26N6O7S/c1-17(2,3)30-16(29)23-15-21-9(7-32-15)11(24-31-18(4,5)14(27)28)13(26)22-10-8(6-19)20-12(10)25/h7-8,10H,6,19H2,1-5H3,(H,20,25)(H,22,26)(H,27,28)(H,21,23,29)/t8-,10-/m0/s1. The van der Waals surface area contributed by atoms with Crippen LogP contribution in [-0.2, 0) is 24.0 Å². The molecule has 1 aromatic heterocycles. The Labute approximate surface area is 187 Å². The van der Waals surface area contributed by atoms with E-state index in [0.29, 0.717) is 0 Å². The predicted molar refractivity (Wildman–Crippen MR) is 114 cm³/mol. The van der Waals surface area contributed by atoms with Gasteiger partial charge in [-0.25, -0.2) is 14.6 Å². The second-order valence-corrected chi connectivity index (χ2v) is 9.17. The van der Waals surface area contributed by atoms with Crippen LogP contribution in [0.3, 0.4) is 0 Å². The largest absolute Gasteiger partial charge is 0.478 e. The molecule has 2 rings (SSSR count). The van der Waals surface area contributed by atoms with Crippen LogP contribution in [0.1, 0.15) is 40.3 Å². The first kappa shape index (κ1) is 25.0. The molecule has 1 aliphatic heterocycles. The van der Waals surface area contributed by atoms with Gasteiger partial charge in [-0.1, -0.05) is 5.16 Å². The second kappa shape index (κ2) is 9.48. The number of aromatic nitrogens is 1. The summed E-state index contributed by atoms with van der Waals surface area (Å²) in [5, 5.41) is 21.9. The number of carbonyl (C=O) groups is 4. The monoisotopic (exact) mass is 470 g/mol. The Balaban J connectivity index is 2.26. The Morgan fingerprint density at radius 1 is 1.31 bits per heavy atom. The summed E-state index contributed by atoms with van der Waals surface area (Å²) in [5.74, 6) is -2.57. The number of hydrogen-bond donors (Lipinski definition) is 5. The number of anilines is 1. The van der Waals surface area contributed by atoms with Gasteiger partial charge in [0.1, 0.15) is 17.3 Å². The average molecular weight is 471 g/mol. The first-order valence-electron chi connectivity index (χ1n) is 9.50. The van der Waals surface area contributed by atoms with E-state index in [9.17, 15) is 24.3 Å². The maximum atomic E-state index is 12.8. The van der Waals surface area contributed by atoms with Crippen molar-refractivity contribution in [2.45, 2.75) is 57.9 Å². The zero-order valence-corrected chi connectivity index (χ0v) is 19.0. The molecule has 0 saturated carbocycles. The van der Waals surface area contributed by atoms with Crippen LogP contribution in [0.15, 0.2) is 10.5 Å². The summed E-state index contributed by atoms with van der Waals surface area (Å²) in [4.78, 5) is 57.0. The number of thiazole rings is 1. The molecule has 176 valence electrons. The minimum absolute atomic E-state index is 0.0104. The molecule has 32 heavy (non-hydrogen) atoms. The van der Waals surface area contributed by atoms with Crippen LogP contribution < -0.4 is 21.7 Å². The van der Waals surface area contributed by atoms with E-state index in [-0.39, 0.29) is 23.1 Å². The van der Waals surface area contributed by atoms with Crippen LogP contribution in [0.5, 0.6) is 0 Å². The van der Waals surface area contributed by atoms with Crippen molar-refractivity contribution in [3.8, 4) is 0 Å². The van der Waals surface area contributed by atoms with Crippen LogP contribution in [0.25, 0.3) is 0 Å². The quantitative estimate of drug-likeness (QED) is 0.198. The van der Waals surface area contributed by atoms with Crippen molar-refractivity contribution in [1.82, 2.24) is 15.6 Å². The minimum atomic E-state index is -1.74. The molecule has 0 aliphatic carbocycles. The van der Waals surface area contributed by atoms with Crippen LogP contribution in [0.2, 0.25) is 0 Å². The number of rotatable bonds is 8. The molecular weight excluding hydrogens is 444 g/mol. The molecule has 14 heteroatoms. The number of carboxylic acids is 1. The number of oxime groups is 1. The summed E-state index contributed by atoms with van der Waals surface area (Å²) < 4.78 is 5.15. The molecule has 6 N–H and O–H groups in total. The van der Waals surface area contributed by atoms with Gasteiger partial charge in [0.2, 0.25) is 11.5 Å². The molecule has 0 spiro atoms. The molecule has 2 heterocycles. The van der Waals surface area contributed by atoms with E-state index in [4.69, 9.17) is 15.3 Å². The molecule has 0 unspecified atom stereocenters. The fourth-order valence-electron chi connectivity index (χ4n) is 2.25. The normalized spacial score (nSPS) is 18.8. The minimum Gasteiger partial charge on any atom is -0.478 e. The number of ether oxygens (including phenoxy) is 1. The third-order valence-corrected chi connectivity index (χ3v) is 4.76. The number of nitrogens with zero attached hydrogens (tertiary/aromatic N) is 2. The summed E-state index contributed by atoms with van der Waals surface area (Å²) in [6, 6.07) is -1.34. The molecule has 0 aromatic carbocycles. The lowest BCUT2D eigenvalue weighted by atomic mass is 9.99. The Bertz CT molecular complexity index is 936. The summed E-state index contributed by atoms with van der Waals surface area (Å²) in [6.07, 6.45) is -0.749. The highest BCUT2D eigenvalue weighted by atomic mass is 32.1. The van der Waals surface area contributed by atoms with Gasteiger partial charge in [0.05, 0.1) is 6.04 Å². The van der Waals surface area contributed by atoms with E-state index < -0.39 is 47.2 Å². The van der Waals surface area contributed by atoms with E-state index >= 15 is 0 Å². The smallest absolute Gasteiger partial charge is 0.413 e. The van der Waals surface area contributed by atoms with Crippen LogP contribution >= 0.6 is 11.3 Å². The van der Waals surface area contributed by atoms with Gasteiger partial charge in [0.25, 0.3) is 5.91 Å². The summed E-state index contributed by atoms with van der Waals surface area (Å²) in [5.41, 5.74) is 2.68. The predicted octanol–water partition coefficient (Wildman–Crippen LogP) is 0.0159. The highest BCUT2D eigenvalue weighted by molar-refractivity contribution is 7.14. The van der Waals surface area contributed by atoms with Crippen LogP contribution in [-0.4, -0.2) is 69.5 Å². The molecule has 2 atom stereocenters. The van der Waals surface area contributed by atoms with Crippen molar-refractivity contribution in [2.75, 3.05) is 11.9 Å².